The molecular formula is C20H24N4O4S. The van der Waals surface area contributed by atoms with Gasteiger partial charge in [0.15, 0.2) is 9.84 Å². The second-order valence-electron chi connectivity index (χ2n) is 8.50. The number of hydrogen-bond donors (Lipinski definition) is 0. The fourth-order valence-electron chi connectivity index (χ4n) is 5.06. The molecule has 0 bridgehead atoms. The molecule has 3 aliphatic rings. The number of carbonyl (C=O) groups excluding carboxylic acids is 1. The van der Waals surface area contributed by atoms with Gasteiger partial charge in [0.05, 0.1) is 11.7 Å². The molecule has 3 fully saturated rings. The summed E-state index contributed by atoms with van der Waals surface area (Å²) in [5.41, 5.74) is 0.583. The number of amides is 1. The van der Waals surface area contributed by atoms with E-state index >= 15 is 0 Å². The average molecular weight is 417 g/mol. The zero-order chi connectivity index (χ0) is 20.1. The smallest absolute Gasteiger partial charge is 0.231 e. The van der Waals surface area contributed by atoms with Crippen molar-refractivity contribution in [3.05, 3.63) is 30.3 Å². The molecule has 0 aromatic carbocycles. The Morgan fingerprint density at radius 3 is 2.72 bits per heavy atom. The van der Waals surface area contributed by atoms with E-state index in [0.717, 1.165) is 12.8 Å². The van der Waals surface area contributed by atoms with Crippen LogP contribution in [0.25, 0.3) is 11.5 Å². The van der Waals surface area contributed by atoms with Gasteiger partial charge >= 0.3 is 0 Å². The van der Waals surface area contributed by atoms with E-state index in [1.165, 1.54) is 12.8 Å². The monoisotopic (exact) mass is 416 g/mol. The van der Waals surface area contributed by atoms with E-state index in [2.05, 4.69) is 15.1 Å². The Balaban J connectivity index is 1.35. The van der Waals surface area contributed by atoms with Crippen molar-refractivity contribution in [1.82, 2.24) is 20.0 Å². The van der Waals surface area contributed by atoms with Crippen molar-refractivity contribution in [1.29, 1.82) is 0 Å². The van der Waals surface area contributed by atoms with Crippen molar-refractivity contribution in [2.75, 3.05) is 18.8 Å². The maximum atomic E-state index is 12.9. The van der Waals surface area contributed by atoms with Crippen molar-refractivity contribution >= 4 is 15.7 Å². The first-order chi connectivity index (χ1) is 14.0. The molecule has 0 radical (unpaired) electrons. The summed E-state index contributed by atoms with van der Waals surface area (Å²) in [6, 6.07) is 5.41. The SMILES string of the molecule is O=C(CC1CCCC1)N1CC2(C1)C(c1nc(-c3ccccn3)no1)CCS2(=O)=O. The molecule has 2 aromatic heterocycles. The van der Waals surface area contributed by atoms with Crippen LogP contribution >= 0.6 is 0 Å². The normalized spacial score (nSPS) is 25.4. The molecule has 2 aliphatic heterocycles. The molecular weight excluding hydrogens is 392 g/mol. The molecule has 1 saturated carbocycles. The Labute approximate surface area is 169 Å². The van der Waals surface area contributed by atoms with E-state index < -0.39 is 14.6 Å². The molecule has 8 nitrogen and oxygen atoms in total. The first-order valence-corrected chi connectivity index (χ1v) is 11.9. The van der Waals surface area contributed by atoms with Crippen LogP contribution in [0.3, 0.4) is 0 Å². The molecule has 4 heterocycles. The standard InChI is InChI=1S/C20H24N4O4S/c25-17(11-14-5-1-2-6-14)24-12-20(13-24)15(8-10-29(20,26)27)19-22-18(23-28-19)16-7-3-4-9-21-16/h3-4,7,9,14-15H,1-2,5-6,8,10-13H2. The lowest BCUT2D eigenvalue weighted by Gasteiger charge is -2.49. The largest absolute Gasteiger partial charge is 0.339 e. The van der Waals surface area contributed by atoms with Gasteiger partial charge in [-0.15, -0.1) is 0 Å². The summed E-state index contributed by atoms with van der Waals surface area (Å²) in [6.07, 6.45) is 7.20. The minimum absolute atomic E-state index is 0.0723. The molecule has 29 heavy (non-hydrogen) atoms. The lowest BCUT2D eigenvalue weighted by molar-refractivity contribution is -0.137. The summed E-state index contributed by atoms with van der Waals surface area (Å²) < 4.78 is 30.3. The highest BCUT2D eigenvalue weighted by molar-refractivity contribution is 7.93. The average Bonchev–Trinajstić information content (AvgIpc) is 3.39. The predicted octanol–water partition coefficient (Wildman–Crippen LogP) is 2.20. The van der Waals surface area contributed by atoms with Gasteiger partial charge in [-0.25, -0.2) is 8.42 Å². The highest BCUT2D eigenvalue weighted by atomic mass is 32.2. The maximum absolute atomic E-state index is 12.9. The Morgan fingerprint density at radius 2 is 2.00 bits per heavy atom. The van der Waals surface area contributed by atoms with E-state index in [9.17, 15) is 13.2 Å². The molecule has 1 atom stereocenters. The van der Waals surface area contributed by atoms with Gasteiger partial charge in [-0.3, -0.25) is 9.78 Å². The molecule has 5 rings (SSSR count). The summed E-state index contributed by atoms with van der Waals surface area (Å²) >= 11 is 0. The van der Waals surface area contributed by atoms with Gasteiger partial charge in [0.25, 0.3) is 0 Å². The zero-order valence-corrected chi connectivity index (χ0v) is 17.0. The third-order valence-electron chi connectivity index (χ3n) is 6.77. The van der Waals surface area contributed by atoms with Gasteiger partial charge in [-0.2, -0.15) is 4.98 Å². The summed E-state index contributed by atoms with van der Waals surface area (Å²) in [5.74, 6) is 0.912. The van der Waals surface area contributed by atoms with E-state index in [-0.39, 0.29) is 30.7 Å². The highest BCUT2D eigenvalue weighted by Gasteiger charge is 2.64. The summed E-state index contributed by atoms with van der Waals surface area (Å²) in [7, 11) is -3.33. The Morgan fingerprint density at radius 1 is 1.21 bits per heavy atom. The Hall–Kier alpha value is -2.29. The number of rotatable bonds is 4. The van der Waals surface area contributed by atoms with Crippen LogP contribution in [0.1, 0.15) is 50.3 Å². The predicted molar refractivity (Wildman–Crippen MR) is 105 cm³/mol. The van der Waals surface area contributed by atoms with Crippen LogP contribution in [-0.4, -0.2) is 57.9 Å². The van der Waals surface area contributed by atoms with Crippen LogP contribution in [0.4, 0.5) is 0 Å². The number of pyridine rings is 1. The van der Waals surface area contributed by atoms with Gasteiger partial charge in [0, 0.05) is 25.7 Å². The minimum Gasteiger partial charge on any atom is -0.339 e. The van der Waals surface area contributed by atoms with Crippen LogP contribution in [0.2, 0.25) is 0 Å². The van der Waals surface area contributed by atoms with Crippen molar-refractivity contribution in [3.8, 4) is 11.5 Å². The van der Waals surface area contributed by atoms with Gasteiger partial charge in [-0.1, -0.05) is 24.1 Å². The van der Waals surface area contributed by atoms with Crippen molar-refractivity contribution < 1.29 is 17.7 Å². The van der Waals surface area contributed by atoms with Crippen LogP contribution in [-0.2, 0) is 14.6 Å². The van der Waals surface area contributed by atoms with Crippen LogP contribution in [0.15, 0.2) is 28.9 Å². The van der Waals surface area contributed by atoms with Crippen molar-refractivity contribution in [2.24, 2.45) is 5.92 Å². The summed E-state index contributed by atoms with van der Waals surface area (Å²) in [5, 5.41) is 4.00. The van der Waals surface area contributed by atoms with Gasteiger partial charge < -0.3 is 9.42 Å². The molecule has 1 amide bonds. The molecule has 0 N–H and O–H groups in total. The number of hydrogen-bond acceptors (Lipinski definition) is 7. The molecule has 1 unspecified atom stereocenters. The molecule has 1 aliphatic carbocycles. The zero-order valence-electron chi connectivity index (χ0n) is 16.2. The fraction of sp³-hybridized carbons (Fsp3) is 0.600. The van der Waals surface area contributed by atoms with Crippen molar-refractivity contribution in [3.63, 3.8) is 0 Å². The summed E-state index contributed by atoms with van der Waals surface area (Å²) in [4.78, 5) is 23.0. The Bertz CT molecular complexity index is 1010. The number of likely N-dealkylation sites (tertiary alicyclic amines) is 1. The molecule has 2 aromatic rings. The van der Waals surface area contributed by atoms with Crippen LogP contribution < -0.4 is 0 Å². The Kier molecular flexibility index (Phi) is 4.45. The van der Waals surface area contributed by atoms with E-state index in [4.69, 9.17) is 4.52 Å². The van der Waals surface area contributed by atoms with E-state index in [1.54, 1.807) is 23.2 Å². The lowest BCUT2D eigenvalue weighted by Crippen LogP contribution is -2.67. The fourth-order valence-corrected chi connectivity index (χ4v) is 7.37. The van der Waals surface area contributed by atoms with E-state index in [0.29, 0.717) is 36.2 Å². The number of carbonyl (C=O) groups is 1. The maximum Gasteiger partial charge on any atom is 0.231 e. The second kappa shape index (κ2) is 6.90. The van der Waals surface area contributed by atoms with Gasteiger partial charge in [-0.05, 0) is 37.3 Å². The highest BCUT2D eigenvalue weighted by Crippen LogP contribution is 2.50. The third kappa shape index (κ3) is 3.06. The van der Waals surface area contributed by atoms with Crippen molar-refractivity contribution in [2.45, 2.75) is 49.2 Å². The minimum atomic E-state index is -3.33. The molecule has 9 heteroatoms. The van der Waals surface area contributed by atoms with Crippen LogP contribution in [0, 0.1) is 5.92 Å². The number of aromatic nitrogens is 3. The molecule has 154 valence electrons. The molecule has 2 saturated heterocycles. The quantitative estimate of drug-likeness (QED) is 0.752. The van der Waals surface area contributed by atoms with Crippen LogP contribution in [0.5, 0.6) is 0 Å². The summed E-state index contributed by atoms with van der Waals surface area (Å²) in [6.45, 7) is 0.458. The second-order valence-corrected chi connectivity index (χ2v) is 11.0. The van der Waals surface area contributed by atoms with Gasteiger partial charge in [0.1, 0.15) is 10.4 Å². The van der Waals surface area contributed by atoms with E-state index in [1.807, 2.05) is 6.07 Å². The lowest BCUT2D eigenvalue weighted by atomic mass is 9.82. The topological polar surface area (TPSA) is 106 Å². The third-order valence-corrected chi connectivity index (χ3v) is 9.33. The number of nitrogens with zero attached hydrogens (tertiary/aromatic N) is 4. The first kappa shape index (κ1) is 18.7. The first-order valence-electron chi connectivity index (χ1n) is 10.2. The van der Waals surface area contributed by atoms with Gasteiger partial charge in [0.2, 0.25) is 17.6 Å². The molecule has 1 spiro atoms. The number of sulfone groups is 1.